The minimum absolute atomic E-state index is 0.0983. The molecule has 0 amide bonds. The summed E-state index contributed by atoms with van der Waals surface area (Å²) in [6.07, 6.45) is 12.9. The van der Waals surface area contributed by atoms with Crippen LogP contribution in [0, 0.1) is 0 Å². The van der Waals surface area contributed by atoms with Crippen LogP contribution in [0.15, 0.2) is 12.1 Å². The molecule has 0 atom stereocenters. The van der Waals surface area contributed by atoms with Gasteiger partial charge >= 0.3 is 0 Å². The standard InChI is InChI=1S/C20H34O3/c1-3-5-7-8-9-10-12-16-23-20-17(13-11-6-4-2)14-15-18(21)19(20)22/h14-15,21-22H,3-13,16H2,1-2H3. The predicted octanol–water partition coefficient (Wildman–Crippen LogP) is 5.96. The van der Waals surface area contributed by atoms with Crippen molar-refractivity contribution in [1.29, 1.82) is 0 Å². The van der Waals surface area contributed by atoms with Crippen molar-refractivity contribution in [3.63, 3.8) is 0 Å². The van der Waals surface area contributed by atoms with Crippen LogP contribution in [0.4, 0.5) is 0 Å². The number of phenols is 2. The predicted molar refractivity (Wildman–Crippen MR) is 96.5 cm³/mol. The van der Waals surface area contributed by atoms with E-state index in [2.05, 4.69) is 13.8 Å². The zero-order valence-corrected chi connectivity index (χ0v) is 14.9. The summed E-state index contributed by atoms with van der Waals surface area (Å²) in [4.78, 5) is 0. The molecule has 0 aliphatic rings. The highest BCUT2D eigenvalue weighted by Gasteiger charge is 2.13. The Balaban J connectivity index is 2.40. The summed E-state index contributed by atoms with van der Waals surface area (Å²) in [6.45, 7) is 5.01. The van der Waals surface area contributed by atoms with E-state index in [4.69, 9.17) is 4.74 Å². The topological polar surface area (TPSA) is 49.7 Å². The fourth-order valence-corrected chi connectivity index (χ4v) is 2.76. The molecule has 1 rings (SSSR count). The highest BCUT2D eigenvalue weighted by Crippen LogP contribution is 2.39. The smallest absolute Gasteiger partial charge is 0.200 e. The molecule has 0 unspecified atom stereocenters. The van der Waals surface area contributed by atoms with E-state index in [1.54, 1.807) is 6.07 Å². The van der Waals surface area contributed by atoms with Crippen molar-refractivity contribution < 1.29 is 14.9 Å². The Kier molecular flexibility index (Phi) is 10.3. The Bertz CT molecular complexity index is 429. The van der Waals surface area contributed by atoms with Gasteiger partial charge in [0.15, 0.2) is 11.5 Å². The zero-order chi connectivity index (χ0) is 16.9. The molecule has 0 aliphatic carbocycles. The molecular formula is C20H34O3. The minimum atomic E-state index is -0.109. The van der Waals surface area contributed by atoms with Gasteiger partial charge < -0.3 is 14.9 Å². The third kappa shape index (κ3) is 7.62. The fraction of sp³-hybridized carbons (Fsp3) is 0.700. The normalized spacial score (nSPS) is 10.9. The quantitative estimate of drug-likeness (QED) is 0.348. The van der Waals surface area contributed by atoms with E-state index in [-0.39, 0.29) is 11.5 Å². The summed E-state index contributed by atoms with van der Waals surface area (Å²) in [5.74, 6) is 0.271. The van der Waals surface area contributed by atoms with Crippen LogP contribution in [0.5, 0.6) is 17.2 Å². The van der Waals surface area contributed by atoms with E-state index in [0.717, 1.165) is 37.7 Å². The molecule has 3 heteroatoms. The summed E-state index contributed by atoms with van der Waals surface area (Å²) >= 11 is 0. The molecule has 0 bridgehead atoms. The second-order valence-electron chi connectivity index (χ2n) is 6.35. The number of phenolic OH excluding ortho intramolecular Hbond substituents is 2. The molecule has 23 heavy (non-hydrogen) atoms. The molecule has 0 spiro atoms. The van der Waals surface area contributed by atoms with Gasteiger partial charge in [-0.25, -0.2) is 0 Å². The van der Waals surface area contributed by atoms with Gasteiger partial charge in [0.25, 0.3) is 0 Å². The first-order chi connectivity index (χ1) is 11.2. The average molecular weight is 322 g/mol. The Hall–Kier alpha value is -1.38. The van der Waals surface area contributed by atoms with E-state index in [9.17, 15) is 10.2 Å². The number of hydrogen-bond acceptors (Lipinski definition) is 3. The van der Waals surface area contributed by atoms with Crippen molar-refractivity contribution in [2.45, 2.75) is 84.5 Å². The maximum Gasteiger partial charge on any atom is 0.200 e. The van der Waals surface area contributed by atoms with Crippen LogP contribution in [0.25, 0.3) is 0 Å². The number of aromatic hydroxyl groups is 2. The highest BCUT2D eigenvalue weighted by molar-refractivity contribution is 5.54. The van der Waals surface area contributed by atoms with E-state index >= 15 is 0 Å². The van der Waals surface area contributed by atoms with Gasteiger partial charge in [0, 0.05) is 0 Å². The summed E-state index contributed by atoms with van der Waals surface area (Å²) in [6, 6.07) is 3.42. The number of benzene rings is 1. The summed E-state index contributed by atoms with van der Waals surface area (Å²) in [7, 11) is 0. The van der Waals surface area contributed by atoms with E-state index in [1.807, 2.05) is 6.07 Å². The highest BCUT2D eigenvalue weighted by atomic mass is 16.5. The number of unbranched alkanes of at least 4 members (excludes halogenated alkanes) is 8. The molecule has 0 heterocycles. The second kappa shape index (κ2) is 12.1. The first kappa shape index (κ1) is 19.7. The molecule has 0 aliphatic heterocycles. The Morgan fingerprint density at radius 1 is 0.783 bits per heavy atom. The van der Waals surface area contributed by atoms with Crippen LogP contribution < -0.4 is 4.74 Å². The van der Waals surface area contributed by atoms with Gasteiger partial charge in [-0.05, 0) is 30.9 Å². The summed E-state index contributed by atoms with van der Waals surface area (Å²) < 4.78 is 5.80. The van der Waals surface area contributed by atoms with Gasteiger partial charge in [-0.2, -0.15) is 0 Å². The SMILES string of the molecule is CCCCCCCCCOc1c(CCCCC)ccc(O)c1O. The van der Waals surface area contributed by atoms with Gasteiger partial charge in [0.05, 0.1) is 6.61 Å². The number of hydrogen-bond donors (Lipinski definition) is 2. The number of rotatable bonds is 13. The van der Waals surface area contributed by atoms with Crippen LogP contribution in [0.1, 0.15) is 83.6 Å². The molecule has 1 aromatic carbocycles. The lowest BCUT2D eigenvalue weighted by molar-refractivity contribution is 0.280. The van der Waals surface area contributed by atoms with Crippen molar-refractivity contribution in [2.75, 3.05) is 6.61 Å². The maximum absolute atomic E-state index is 10.1. The summed E-state index contributed by atoms with van der Waals surface area (Å²) in [5.41, 5.74) is 0.997. The molecule has 2 N–H and O–H groups in total. The molecule has 0 fully saturated rings. The van der Waals surface area contributed by atoms with Gasteiger partial charge in [-0.1, -0.05) is 71.3 Å². The van der Waals surface area contributed by atoms with Crippen LogP contribution in [0.3, 0.4) is 0 Å². The van der Waals surface area contributed by atoms with Gasteiger partial charge in [-0.3, -0.25) is 0 Å². The molecule has 1 aromatic rings. The van der Waals surface area contributed by atoms with E-state index in [1.165, 1.54) is 38.5 Å². The molecular weight excluding hydrogens is 288 g/mol. The van der Waals surface area contributed by atoms with Crippen molar-refractivity contribution in [3.8, 4) is 17.2 Å². The average Bonchev–Trinajstić information content (AvgIpc) is 2.55. The van der Waals surface area contributed by atoms with Crippen LogP contribution in [-0.2, 0) is 6.42 Å². The van der Waals surface area contributed by atoms with Gasteiger partial charge in [0.1, 0.15) is 0 Å². The molecule has 0 aromatic heterocycles. The van der Waals surface area contributed by atoms with Gasteiger partial charge in [0.2, 0.25) is 5.75 Å². The van der Waals surface area contributed by atoms with Crippen molar-refractivity contribution in [1.82, 2.24) is 0 Å². The summed E-state index contributed by atoms with van der Waals surface area (Å²) in [5, 5.41) is 19.7. The minimum Gasteiger partial charge on any atom is -0.504 e. The van der Waals surface area contributed by atoms with E-state index in [0.29, 0.717) is 12.4 Å². The van der Waals surface area contributed by atoms with Crippen molar-refractivity contribution in [2.24, 2.45) is 0 Å². The first-order valence-corrected chi connectivity index (χ1v) is 9.37. The third-order valence-electron chi connectivity index (χ3n) is 4.24. The number of aryl methyl sites for hydroxylation is 1. The molecule has 3 nitrogen and oxygen atoms in total. The Morgan fingerprint density at radius 3 is 2.09 bits per heavy atom. The van der Waals surface area contributed by atoms with Crippen LogP contribution >= 0.6 is 0 Å². The first-order valence-electron chi connectivity index (χ1n) is 9.37. The third-order valence-corrected chi connectivity index (χ3v) is 4.24. The van der Waals surface area contributed by atoms with Crippen molar-refractivity contribution in [3.05, 3.63) is 17.7 Å². The largest absolute Gasteiger partial charge is 0.504 e. The lowest BCUT2D eigenvalue weighted by atomic mass is 10.1. The Labute approximate surface area is 141 Å². The molecule has 0 saturated heterocycles. The van der Waals surface area contributed by atoms with Gasteiger partial charge in [-0.15, -0.1) is 0 Å². The number of ether oxygens (including phenoxy) is 1. The lowest BCUT2D eigenvalue weighted by Gasteiger charge is -2.14. The van der Waals surface area contributed by atoms with Crippen LogP contribution in [0.2, 0.25) is 0 Å². The van der Waals surface area contributed by atoms with Crippen LogP contribution in [-0.4, -0.2) is 16.8 Å². The van der Waals surface area contributed by atoms with E-state index < -0.39 is 0 Å². The fourth-order valence-electron chi connectivity index (χ4n) is 2.76. The zero-order valence-electron chi connectivity index (χ0n) is 14.9. The monoisotopic (exact) mass is 322 g/mol. The maximum atomic E-state index is 10.1. The lowest BCUT2D eigenvalue weighted by Crippen LogP contribution is -2.01. The van der Waals surface area contributed by atoms with Crippen molar-refractivity contribution >= 4 is 0 Å². The second-order valence-corrected chi connectivity index (χ2v) is 6.35. The molecule has 0 saturated carbocycles. The molecule has 132 valence electrons. The Morgan fingerprint density at radius 2 is 1.39 bits per heavy atom. The molecule has 0 radical (unpaired) electrons.